The highest BCUT2D eigenvalue weighted by Crippen LogP contribution is 2.34. The van der Waals surface area contributed by atoms with Crippen LogP contribution in [0.25, 0.3) is 0 Å². The summed E-state index contributed by atoms with van der Waals surface area (Å²) < 4.78 is 6.39. The van der Waals surface area contributed by atoms with Gasteiger partial charge in [-0.25, -0.2) is 0 Å². The molecule has 0 amide bonds. The summed E-state index contributed by atoms with van der Waals surface area (Å²) in [4.78, 5) is 0. The minimum absolute atomic E-state index is 0.162. The highest BCUT2D eigenvalue weighted by atomic mass is 32.0. The van der Waals surface area contributed by atoms with Gasteiger partial charge in [-0.2, -0.15) is 8.09 Å². The van der Waals surface area contributed by atoms with Crippen molar-refractivity contribution in [1.82, 2.24) is 0 Å². The first kappa shape index (κ1) is 17.2. The van der Waals surface area contributed by atoms with Gasteiger partial charge in [-0.05, 0) is 31.1 Å². The average Bonchev–Trinajstić information content (AvgIpc) is 2.53. The Bertz CT molecular complexity index is 452. The third-order valence-corrected chi connectivity index (χ3v) is 5.73. The van der Waals surface area contributed by atoms with Crippen LogP contribution in [0.5, 0.6) is 0 Å². The van der Waals surface area contributed by atoms with Gasteiger partial charge >= 0.3 is 0 Å². The molecule has 2 rings (SSSR count). The lowest BCUT2D eigenvalue weighted by atomic mass is 10.3. The van der Waals surface area contributed by atoms with Crippen LogP contribution < -0.4 is 10.6 Å². The molecular weight excluding hydrogens is 308 g/mol. The molecule has 0 aliphatic rings. The highest BCUT2D eigenvalue weighted by molar-refractivity contribution is 8.15. The van der Waals surface area contributed by atoms with Gasteiger partial charge in [-0.15, -0.1) is 8.93 Å². The minimum atomic E-state index is -0.954. The molecule has 4 heteroatoms. The lowest BCUT2D eigenvalue weighted by molar-refractivity contribution is 0.777. The Morgan fingerprint density at radius 1 is 1.00 bits per heavy atom. The van der Waals surface area contributed by atoms with Gasteiger partial charge in [0.05, 0.1) is 1.28 Å². The Morgan fingerprint density at radius 3 is 1.81 bits per heavy atom. The van der Waals surface area contributed by atoms with Crippen LogP contribution in [0.2, 0.25) is 0 Å². The third-order valence-electron chi connectivity index (χ3n) is 3.12. The Labute approximate surface area is 137 Å². The second-order valence-corrected chi connectivity index (χ2v) is 8.21. The number of unbranched alkanes of at least 4 members (excludes halogenated alkanes) is 2. The standard InChI is InChI=1S/C17H21P.BH3P2/c1-2-3-10-15-18(16-11-6-4-7-12-16)17-13-8-5-9-14-17;1-3-2/h4-9,11-14H,2-3,10,15H2,1H3;3H,2H2/i;3D. The molecule has 0 N–H and O–H groups in total. The van der Waals surface area contributed by atoms with E-state index in [1.807, 2.05) is 0 Å². The molecule has 0 fully saturated rings. The predicted octanol–water partition coefficient (Wildman–Crippen LogP) is 4.85. The van der Waals surface area contributed by atoms with E-state index in [0.717, 1.165) is 0 Å². The van der Waals surface area contributed by atoms with Gasteiger partial charge in [0.25, 0.3) is 0 Å². The molecule has 2 atom stereocenters. The summed E-state index contributed by atoms with van der Waals surface area (Å²) in [6.07, 6.45) is 5.30. The van der Waals surface area contributed by atoms with Crippen LogP contribution in [-0.2, 0) is 0 Å². The minimum Gasteiger partial charge on any atom is -0.153 e. The van der Waals surface area contributed by atoms with Crippen LogP contribution in [0.3, 0.4) is 0 Å². The van der Waals surface area contributed by atoms with E-state index in [4.69, 9.17) is 8.84 Å². The van der Waals surface area contributed by atoms with Gasteiger partial charge in [0, 0.05) is 0 Å². The summed E-state index contributed by atoms with van der Waals surface area (Å²) in [5.41, 5.74) is 0. The fourth-order valence-electron chi connectivity index (χ4n) is 2.14. The highest BCUT2D eigenvalue weighted by Gasteiger charge is 2.12. The van der Waals surface area contributed by atoms with Crippen molar-refractivity contribution in [3.05, 3.63) is 60.7 Å². The van der Waals surface area contributed by atoms with E-state index in [1.54, 1.807) is 0 Å². The summed E-state index contributed by atoms with van der Waals surface area (Å²) in [6, 6.07) is 22.0. The van der Waals surface area contributed by atoms with Crippen molar-refractivity contribution in [3.8, 4) is 0 Å². The summed E-state index contributed by atoms with van der Waals surface area (Å²) in [5, 5.41) is 3.02. The first-order valence-corrected chi connectivity index (χ1v) is 11.4. The Hall–Kier alpha value is -0.205. The van der Waals surface area contributed by atoms with E-state index in [2.05, 4.69) is 76.5 Å². The van der Waals surface area contributed by atoms with Gasteiger partial charge in [-0.3, -0.25) is 0 Å². The van der Waals surface area contributed by atoms with Crippen LogP contribution in [0, 0.1) is 0 Å². The fourth-order valence-corrected chi connectivity index (χ4v) is 4.56. The molecule has 2 aromatic carbocycles. The fraction of sp³-hybridized carbons (Fsp3) is 0.294. The molecule has 2 unspecified atom stereocenters. The van der Waals surface area contributed by atoms with Crippen molar-refractivity contribution in [2.45, 2.75) is 26.2 Å². The second-order valence-electron chi connectivity index (χ2n) is 4.68. The molecule has 21 heavy (non-hydrogen) atoms. The molecular formula is C17H24BP3. The van der Waals surface area contributed by atoms with Crippen molar-refractivity contribution < 1.29 is 0 Å². The normalized spacial score (nSPS) is 12.2. The number of benzene rings is 2. The molecule has 0 saturated carbocycles. The maximum atomic E-state index is 6.39. The van der Waals surface area contributed by atoms with E-state index in [0.29, 0.717) is 0 Å². The average molecular weight is 333 g/mol. The van der Waals surface area contributed by atoms with E-state index in [-0.39, 0.29) is 7.92 Å². The maximum Gasteiger partial charge on any atom is 0.110 e. The molecule has 0 heterocycles. The quantitative estimate of drug-likeness (QED) is 0.403. The van der Waals surface area contributed by atoms with Gasteiger partial charge in [0.15, 0.2) is 0 Å². The molecule has 2 radical (unpaired) electrons. The molecule has 2 aromatic rings. The van der Waals surface area contributed by atoms with E-state index in [9.17, 15) is 0 Å². The van der Waals surface area contributed by atoms with E-state index >= 15 is 0 Å². The Kier molecular flexibility index (Phi) is 10.1. The molecule has 0 aliphatic heterocycles. The summed E-state index contributed by atoms with van der Waals surface area (Å²) in [6.45, 7) is 2.27. The molecule has 110 valence electrons. The Balaban J connectivity index is 0.000000541. The monoisotopic (exact) mass is 333 g/mol. The van der Waals surface area contributed by atoms with Gasteiger partial charge in [0.1, 0.15) is 7.57 Å². The van der Waals surface area contributed by atoms with E-state index in [1.165, 1.54) is 36.0 Å². The van der Waals surface area contributed by atoms with Crippen LogP contribution in [0.1, 0.15) is 26.2 Å². The second kappa shape index (κ2) is 12.3. The summed E-state index contributed by atoms with van der Waals surface area (Å²) in [5.74, 6) is 0. The SMILES string of the molecule is CCCCCP(c1ccccc1)c1ccccc1.[2H]P([B])P. The molecule has 0 aliphatic carbocycles. The molecule has 0 nitrogen and oxygen atoms in total. The van der Waals surface area contributed by atoms with Gasteiger partial charge < -0.3 is 0 Å². The van der Waals surface area contributed by atoms with Crippen LogP contribution >= 0.6 is 24.9 Å². The maximum absolute atomic E-state index is 6.39. The van der Waals surface area contributed by atoms with Crippen molar-refractivity contribution in [2.24, 2.45) is 0 Å². The van der Waals surface area contributed by atoms with Crippen molar-refractivity contribution in [3.63, 3.8) is 0 Å². The summed E-state index contributed by atoms with van der Waals surface area (Å²) in [7, 11) is 5.86. The van der Waals surface area contributed by atoms with Gasteiger partial charge in [-0.1, -0.05) is 80.4 Å². The van der Waals surface area contributed by atoms with Crippen molar-refractivity contribution >= 4 is 43.1 Å². The zero-order chi connectivity index (χ0) is 16.2. The van der Waals surface area contributed by atoms with Crippen LogP contribution in [-0.4, -0.2) is 15.0 Å². The zero-order valence-corrected chi connectivity index (χ0v) is 15.6. The molecule has 0 bridgehead atoms. The lowest BCUT2D eigenvalue weighted by Crippen LogP contribution is -2.13. The number of rotatable bonds is 6. The van der Waals surface area contributed by atoms with E-state index < -0.39 is 8.09 Å². The van der Waals surface area contributed by atoms with Crippen molar-refractivity contribution in [2.75, 3.05) is 6.16 Å². The first-order valence-electron chi connectivity index (χ1n) is 7.76. The molecule has 0 aromatic heterocycles. The third kappa shape index (κ3) is 7.56. The first-order chi connectivity index (χ1) is 10.6. The smallest absolute Gasteiger partial charge is 0.110 e. The number of hydrogen-bond donors (Lipinski definition) is 0. The summed E-state index contributed by atoms with van der Waals surface area (Å²) >= 11 is 0. The number of hydrogen-bond acceptors (Lipinski definition) is 0. The van der Waals surface area contributed by atoms with Crippen molar-refractivity contribution in [1.29, 1.82) is 1.28 Å². The van der Waals surface area contributed by atoms with Gasteiger partial charge in [0.2, 0.25) is 0 Å². The largest absolute Gasteiger partial charge is 0.153 e. The lowest BCUT2D eigenvalue weighted by Gasteiger charge is -2.18. The zero-order valence-electron chi connectivity index (χ0n) is 13.7. The van der Waals surface area contributed by atoms with Crippen LogP contribution in [0.15, 0.2) is 60.7 Å². The Morgan fingerprint density at radius 2 is 1.43 bits per heavy atom. The molecule has 0 spiro atoms. The molecule has 0 saturated heterocycles. The predicted molar refractivity (Wildman–Crippen MR) is 107 cm³/mol. The topological polar surface area (TPSA) is 0 Å². The van der Waals surface area contributed by atoms with Crippen LogP contribution in [0.4, 0.5) is 0 Å².